The number of nitrogens with two attached hydrogens (primary N) is 1. The molecule has 1 fully saturated rings. The highest BCUT2D eigenvalue weighted by atomic mass is 16.5. The SMILES string of the molecule is Cc1ccc(CCN(C)C(=O)C2(CN)COC2)cc1. The Morgan fingerprint density at radius 2 is 2.00 bits per heavy atom. The zero-order chi connectivity index (χ0) is 13.9. The van der Waals surface area contributed by atoms with Gasteiger partial charge in [0.05, 0.1) is 13.2 Å². The molecule has 4 nitrogen and oxygen atoms in total. The summed E-state index contributed by atoms with van der Waals surface area (Å²) in [6, 6.07) is 8.41. The molecule has 1 aromatic rings. The third-order valence-electron chi connectivity index (χ3n) is 3.80. The Morgan fingerprint density at radius 3 is 2.47 bits per heavy atom. The maximum absolute atomic E-state index is 12.3. The summed E-state index contributed by atoms with van der Waals surface area (Å²) in [7, 11) is 1.84. The van der Waals surface area contributed by atoms with E-state index in [1.807, 2.05) is 7.05 Å². The minimum atomic E-state index is -0.470. The largest absolute Gasteiger partial charge is 0.379 e. The number of rotatable bonds is 5. The molecule has 1 heterocycles. The van der Waals surface area contributed by atoms with Crippen molar-refractivity contribution in [3.8, 4) is 0 Å². The van der Waals surface area contributed by atoms with Crippen LogP contribution >= 0.6 is 0 Å². The topological polar surface area (TPSA) is 55.6 Å². The van der Waals surface area contributed by atoms with Gasteiger partial charge in [-0.3, -0.25) is 4.79 Å². The van der Waals surface area contributed by atoms with Crippen molar-refractivity contribution in [2.24, 2.45) is 11.1 Å². The van der Waals surface area contributed by atoms with Gasteiger partial charge in [0.15, 0.2) is 0 Å². The summed E-state index contributed by atoms with van der Waals surface area (Å²) in [4.78, 5) is 14.1. The van der Waals surface area contributed by atoms with E-state index in [1.165, 1.54) is 11.1 Å². The molecule has 4 heteroatoms. The Bertz CT molecular complexity index is 432. The fourth-order valence-electron chi connectivity index (χ4n) is 2.24. The van der Waals surface area contributed by atoms with E-state index in [4.69, 9.17) is 10.5 Å². The van der Waals surface area contributed by atoms with E-state index >= 15 is 0 Å². The summed E-state index contributed by atoms with van der Waals surface area (Å²) >= 11 is 0. The van der Waals surface area contributed by atoms with Crippen molar-refractivity contribution >= 4 is 5.91 Å². The average Bonchev–Trinajstić information content (AvgIpc) is 2.37. The minimum Gasteiger partial charge on any atom is -0.379 e. The number of amides is 1. The van der Waals surface area contributed by atoms with Gasteiger partial charge in [0.1, 0.15) is 5.41 Å². The number of nitrogens with zero attached hydrogens (tertiary/aromatic N) is 1. The van der Waals surface area contributed by atoms with Gasteiger partial charge in [-0.1, -0.05) is 29.8 Å². The van der Waals surface area contributed by atoms with Crippen molar-refractivity contribution in [1.82, 2.24) is 4.90 Å². The quantitative estimate of drug-likeness (QED) is 0.860. The lowest BCUT2D eigenvalue weighted by atomic mass is 9.84. The van der Waals surface area contributed by atoms with Crippen LogP contribution in [0, 0.1) is 12.3 Å². The monoisotopic (exact) mass is 262 g/mol. The van der Waals surface area contributed by atoms with Crippen LogP contribution in [-0.2, 0) is 16.0 Å². The van der Waals surface area contributed by atoms with Crippen LogP contribution in [0.15, 0.2) is 24.3 Å². The second kappa shape index (κ2) is 5.72. The third-order valence-corrected chi connectivity index (χ3v) is 3.80. The van der Waals surface area contributed by atoms with Crippen LogP contribution in [0.1, 0.15) is 11.1 Å². The van der Waals surface area contributed by atoms with Gasteiger partial charge < -0.3 is 15.4 Å². The molecule has 0 spiro atoms. The molecule has 0 saturated carbocycles. The van der Waals surface area contributed by atoms with Gasteiger partial charge in [0.25, 0.3) is 0 Å². The highest BCUT2D eigenvalue weighted by Crippen LogP contribution is 2.28. The van der Waals surface area contributed by atoms with Crippen molar-refractivity contribution in [3.05, 3.63) is 35.4 Å². The van der Waals surface area contributed by atoms with Crippen molar-refractivity contribution in [2.45, 2.75) is 13.3 Å². The summed E-state index contributed by atoms with van der Waals surface area (Å²) in [5.74, 6) is 0.105. The van der Waals surface area contributed by atoms with E-state index in [-0.39, 0.29) is 5.91 Å². The van der Waals surface area contributed by atoms with Gasteiger partial charge in [-0.15, -0.1) is 0 Å². The molecular formula is C15H22N2O2. The first-order valence-corrected chi connectivity index (χ1v) is 6.66. The molecule has 104 valence electrons. The Morgan fingerprint density at radius 1 is 1.37 bits per heavy atom. The molecule has 0 atom stereocenters. The lowest BCUT2D eigenvalue weighted by Gasteiger charge is -2.41. The first-order chi connectivity index (χ1) is 9.07. The number of aryl methyl sites for hydroxylation is 1. The molecule has 1 aliphatic heterocycles. The summed E-state index contributed by atoms with van der Waals surface area (Å²) in [5, 5.41) is 0. The maximum Gasteiger partial charge on any atom is 0.234 e. The third kappa shape index (κ3) is 2.96. The van der Waals surface area contributed by atoms with Crippen LogP contribution in [0.3, 0.4) is 0 Å². The van der Waals surface area contributed by atoms with Crippen LogP contribution < -0.4 is 5.73 Å². The summed E-state index contributed by atoms with van der Waals surface area (Å²) in [6.45, 7) is 4.06. The van der Waals surface area contributed by atoms with E-state index in [9.17, 15) is 4.79 Å². The number of benzene rings is 1. The van der Waals surface area contributed by atoms with Crippen LogP contribution in [0.5, 0.6) is 0 Å². The molecule has 1 aromatic carbocycles. The fraction of sp³-hybridized carbons (Fsp3) is 0.533. The molecular weight excluding hydrogens is 240 g/mol. The number of ether oxygens (including phenoxy) is 1. The number of likely N-dealkylation sites (N-methyl/N-ethyl adjacent to an activating group) is 1. The highest BCUT2D eigenvalue weighted by Gasteiger charge is 2.46. The lowest BCUT2D eigenvalue weighted by Crippen LogP contribution is -2.58. The molecule has 0 aliphatic carbocycles. The smallest absolute Gasteiger partial charge is 0.234 e. The molecule has 0 aromatic heterocycles. The number of carbonyl (C=O) groups excluding carboxylic acids is 1. The minimum absolute atomic E-state index is 0.105. The molecule has 2 N–H and O–H groups in total. The number of carbonyl (C=O) groups is 1. The number of hydrogen-bond acceptors (Lipinski definition) is 3. The zero-order valence-corrected chi connectivity index (χ0v) is 11.7. The molecule has 2 rings (SSSR count). The molecule has 1 amide bonds. The Kier molecular flexibility index (Phi) is 4.22. The zero-order valence-electron chi connectivity index (χ0n) is 11.7. The summed E-state index contributed by atoms with van der Waals surface area (Å²) < 4.78 is 5.15. The normalized spacial score (nSPS) is 16.8. The van der Waals surface area contributed by atoms with E-state index in [1.54, 1.807) is 4.90 Å². The van der Waals surface area contributed by atoms with Crippen molar-refractivity contribution in [2.75, 3.05) is 33.4 Å². The van der Waals surface area contributed by atoms with Crippen LogP contribution in [0.4, 0.5) is 0 Å². The summed E-state index contributed by atoms with van der Waals surface area (Å²) in [5.41, 5.74) is 7.73. The second-order valence-corrected chi connectivity index (χ2v) is 5.44. The van der Waals surface area contributed by atoms with Gasteiger partial charge in [-0.05, 0) is 18.9 Å². The van der Waals surface area contributed by atoms with Gasteiger partial charge in [0.2, 0.25) is 5.91 Å². The van der Waals surface area contributed by atoms with Crippen molar-refractivity contribution < 1.29 is 9.53 Å². The van der Waals surface area contributed by atoms with Crippen LogP contribution in [0.2, 0.25) is 0 Å². The maximum atomic E-state index is 12.3. The predicted molar refractivity (Wildman–Crippen MR) is 74.8 cm³/mol. The van der Waals surface area contributed by atoms with Gasteiger partial charge >= 0.3 is 0 Å². The van der Waals surface area contributed by atoms with Gasteiger partial charge in [-0.25, -0.2) is 0 Å². The number of hydrogen-bond donors (Lipinski definition) is 1. The van der Waals surface area contributed by atoms with Crippen molar-refractivity contribution in [3.63, 3.8) is 0 Å². The fourth-order valence-corrected chi connectivity index (χ4v) is 2.24. The van der Waals surface area contributed by atoms with E-state index < -0.39 is 5.41 Å². The predicted octanol–water partition coefficient (Wildman–Crippen LogP) is 0.971. The standard InChI is InChI=1S/C15H22N2O2/c1-12-3-5-13(6-4-12)7-8-17(2)14(18)15(9-16)10-19-11-15/h3-6H,7-11,16H2,1-2H3. The van der Waals surface area contributed by atoms with E-state index in [0.29, 0.717) is 26.3 Å². The van der Waals surface area contributed by atoms with Gasteiger partial charge in [0, 0.05) is 20.1 Å². The molecule has 0 radical (unpaired) electrons. The van der Waals surface area contributed by atoms with E-state index in [0.717, 1.165) is 6.42 Å². The van der Waals surface area contributed by atoms with E-state index in [2.05, 4.69) is 31.2 Å². The Labute approximate surface area is 114 Å². The molecule has 0 unspecified atom stereocenters. The molecule has 19 heavy (non-hydrogen) atoms. The first-order valence-electron chi connectivity index (χ1n) is 6.66. The molecule has 1 saturated heterocycles. The Balaban J connectivity index is 1.88. The lowest BCUT2D eigenvalue weighted by molar-refractivity contribution is -0.169. The van der Waals surface area contributed by atoms with Gasteiger partial charge in [-0.2, -0.15) is 0 Å². The Hall–Kier alpha value is -1.39. The highest BCUT2D eigenvalue weighted by molar-refractivity contribution is 5.84. The second-order valence-electron chi connectivity index (χ2n) is 5.44. The molecule has 1 aliphatic rings. The summed E-state index contributed by atoms with van der Waals surface area (Å²) in [6.07, 6.45) is 0.865. The van der Waals surface area contributed by atoms with Crippen LogP contribution in [-0.4, -0.2) is 44.2 Å². The van der Waals surface area contributed by atoms with Crippen molar-refractivity contribution in [1.29, 1.82) is 0 Å². The van der Waals surface area contributed by atoms with Crippen LogP contribution in [0.25, 0.3) is 0 Å². The molecule has 0 bridgehead atoms. The average molecular weight is 262 g/mol. The first kappa shape index (κ1) is 14.0.